The van der Waals surface area contributed by atoms with Crippen LogP contribution in [0.4, 0.5) is 4.79 Å². The third-order valence-corrected chi connectivity index (χ3v) is 12.3. The molecule has 0 bridgehead atoms. The Kier molecular flexibility index (Phi) is 10.6. The first-order valence-corrected chi connectivity index (χ1v) is 17.2. The van der Waals surface area contributed by atoms with Crippen LogP contribution in [0.15, 0.2) is 24.3 Å². The molecule has 0 saturated carbocycles. The fourth-order valence-electron chi connectivity index (χ4n) is 5.69. The maximum atomic E-state index is 13.3. The topological polar surface area (TPSA) is 76.2 Å². The molecule has 1 unspecified atom stereocenters. The molecule has 2 heterocycles. The van der Waals surface area contributed by atoms with Crippen LogP contribution in [0.25, 0.3) is 0 Å². The molecule has 1 aromatic carbocycles. The van der Waals surface area contributed by atoms with Crippen molar-refractivity contribution >= 4 is 26.2 Å². The molecule has 2 aliphatic rings. The first kappa shape index (κ1) is 30.3. The number of benzene rings is 1. The molecular weight excluding hydrogens is 496 g/mol. The molecule has 0 aliphatic carbocycles. The number of hydrogen-bond acceptors (Lipinski definition) is 5. The Hall–Kier alpha value is -2.19. The minimum atomic E-state index is -2.01. The second-order valence-corrected chi connectivity index (χ2v) is 16.1. The van der Waals surface area contributed by atoms with Crippen LogP contribution in [0.5, 0.6) is 0 Å². The summed E-state index contributed by atoms with van der Waals surface area (Å²) < 4.78 is 12.9. The molecule has 2 aliphatic heterocycles. The molecule has 0 N–H and O–H groups in total. The maximum absolute atomic E-state index is 13.3. The number of ether oxygens (including phenoxy) is 1. The molecule has 2 atom stereocenters. The molecule has 1 fully saturated rings. The standard InChI is InChI=1S/C30H48N2O5Si/c1-7-10-17-38(18-11-8-2,19-12-9-3)37-24-20-23(31(22-24)29(35)36-30(4,5)6)21-32-27(33)25-15-13-14-16-26(25)28(32)34/h13-16,23-24H,7-12,17-22H2,1-6H3/t23?,24-/m1/s1. The van der Waals surface area contributed by atoms with E-state index in [9.17, 15) is 14.4 Å². The van der Waals surface area contributed by atoms with E-state index in [1.807, 2.05) is 20.8 Å². The van der Waals surface area contributed by atoms with Crippen LogP contribution >= 0.6 is 0 Å². The number of imide groups is 1. The summed E-state index contributed by atoms with van der Waals surface area (Å²) in [7, 11) is -2.01. The van der Waals surface area contributed by atoms with Crippen molar-refractivity contribution in [3.63, 3.8) is 0 Å². The van der Waals surface area contributed by atoms with Crippen LogP contribution in [-0.2, 0) is 9.16 Å². The summed E-state index contributed by atoms with van der Waals surface area (Å²) >= 11 is 0. The number of amides is 3. The number of likely N-dealkylation sites (tertiary alicyclic amines) is 1. The Morgan fingerprint density at radius 1 is 0.921 bits per heavy atom. The lowest BCUT2D eigenvalue weighted by Gasteiger charge is -2.35. The average Bonchev–Trinajstić information content (AvgIpc) is 3.38. The molecule has 0 spiro atoms. The first-order chi connectivity index (χ1) is 18.0. The van der Waals surface area contributed by atoms with Gasteiger partial charge in [-0.3, -0.25) is 14.5 Å². The van der Waals surface area contributed by atoms with Gasteiger partial charge in [-0.1, -0.05) is 71.4 Å². The Labute approximate surface area is 230 Å². The van der Waals surface area contributed by atoms with Gasteiger partial charge in [0.25, 0.3) is 11.8 Å². The molecule has 7 nitrogen and oxygen atoms in total. The lowest BCUT2D eigenvalue weighted by atomic mass is 10.1. The summed E-state index contributed by atoms with van der Waals surface area (Å²) in [6.45, 7) is 12.8. The zero-order chi connectivity index (χ0) is 27.9. The Balaban J connectivity index is 1.84. The molecule has 0 radical (unpaired) electrons. The number of hydrogen-bond donors (Lipinski definition) is 0. The highest BCUT2D eigenvalue weighted by molar-refractivity contribution is 6.73. The molecule has 212 valence electrons. The van der Waals surface area contributed by atoms with Crippen molar-refractivity contribution < 1.29 is 23.5 Å². The van der Waals surface area contributed by atoms with Crippen LogP contribution in [0.2, 0.25) is 18.1 Å². The Morgan fingerprint density at radius 2 is 1.42 bits per heavy atom. The van der Waals surface area contributed by atoms with Gasteiger partial charge in [-0.15, -0.1) is 0 Å². The molecule has 1 aromatic rings. The number of fused-ring (bicyclic) bond motifs is 1. The van der Waals surface area contributed by atoms with Crippen molar-refractivity contribution in [3.8, 4) is 0 Å². The van der Waals surface area contributed by atoms with E-state index in [4.69, 9.17) is 9.16 Å². The zero-order valence-corrected chi connectivity index (χ0v) is 25.4. The summed E-state index contributed by atoms with van der Waals surface area (Å²) in [5.41, 5.74) is 0.215. The monoisotopic (exact) mass is 544 g/mol. The summed E-state index contributed by atoms with van der Waals surface area (Å²) in [6, 6.07) is 10.0. The van der Waals surface area contributed by atoms with Crippen molar-refractivity contribution in [3.05, 3.63) is 35.4 Å². The first-order valence-electron chi connectivity index (χ1n) is 14.7. The zero-order valence-electron chi connectivity index (χ0n) is 24.4. The van der Waals surface area contributed by atoms with Gasteiger partial charge < -0.3 is 14.1 Å². The van der Waals surface area contributed by atoms with Gasteiger partial charge in [0.2, 0.25) is 0 Å². The predicted molar refractivity (Wildman–Crippen MR) is 153 cm³/mol. The van der Waals surface area contributed by atoms with Gasteiger partial charge in [-0.05, 0) is 57.5 Å². The molecule has 3 rings (SSSR count). The van der Waals surface area contributed by atoms with Gasteiger partial charge in [0.1, 0.15) is 5.60 Å². The largest absolute Gasteiger partial charge is 0.444 e. The molecule has 8 heteroatoms. The van der Waals surface area contributed by atoms with Crippen molar-refractivity contribution in [2.45, 2.75) is 122 Å². The van der Waals surface area contributed by atoms with Gasteiger partial charge in [0, 0.05) is 6.54 Å². The molecule has 1 saturated heterocycles. The second-order valence-electron chi connectivity index (χ2n) is 12.0. The second kappa shape index (κ2) is 13.2. The minimum Gasteiger partial charge on any atom is -0.444 e. The van der Waals surface area contributed by atoms with E-state index < -0.39 is 20.0 Å². The summed E-state index contributed by atoms with van der Waals surface area (Å²) in [5, 5.41) is 0. The molecule has 0 aromatic heterocycles. The van der Waals surface area contributed by atoms with Crippen molar-refractivity contribution in [2.24, 2.45) is 0 Å². The fraction of sp³-hybridized carbons (Fsp3) is 0.700. The van der Waals surface area contributed by atoms with Gasteiger partial charge in [-0.2, -0.15) is 0 Å². The Bertz CT molecular complexity index is 919. The van der Waals surface area contributed by atoms with E-state index in [-0.39, 0.29) is 30.5 Å². The van der Waals surface area contributed by atoms with Gasteiger partial charge in [0.05, 0.1) is 29.8 Å². The van der Waals surface area contributed by atoms with E-state index >= 15 is 0 Å². The summed E-state index contributed by atoms with van der Waals surface area (Å²) in [5.74, 6) is -0.590. The molecule has 38 heavy (non-hydrogen) atoms. The van der Waals surface area contributed by atoms with Crippen molar-refractivity contribution in [1.82, 2.24) is 9.80 Å². The maximum Gasteiger partial charge on any atom is 0.410 e. The third kappa shape index (κ3) is 7.47. The van der Waals surface area contributed by atoms with Crippen molar-refractivity contribution in [1.29, 1.82) is 0 Å². The number of rotatable bonds is 13. The fourth-order valence-corrected chi connectivity index (χ4v) is 10.7. The highest BCUT2D eigenvalue weighted by Crippen LogP contribution is 2.35. The predicted octanol–water partition coefficient (Wildman–Crippen LogP) is 7.02. The lowest BCUT2D eigenvalue weighted by molar-refractivity contribution is 0.0179. The minimum absolute atomic E-state index is 0.111. The van der Waals surface area contributed by atoms with Crippen LogP contribution in [0, 0.1) is 0 Å². The number of nitrogens with zero attached hydrogens (tertiary/aromatic N) is 2. The quantitative estimate of drug-likeness (QED) is 0.197. The van der Waals surface area contributed by atoms with E-state index in [1.54, 1.807) is 29.2 Å². The number of carbonyl (C=O) groups excluding carboxylic acids is 3. The highest BCUT2D eigenvalue weighted by atomic mass is 28.4. The summed E-state index contributed by atoms with van der Waals surface area (Å²) in [4.78, 5) is 42.6. The molecular formula is C30H48N2O5Si. The van der Waals surface area contributed by atoms with Gasteiger partial charge in [0.15, 0.2) is 8.32 Å². The number of unbranched alkanes of at least 4 members (excludes halogenated alkanes) is 3. The highest BCUT2D eigenvalue weighted by Gasteiger charge is 2.46. The van der Waals surface area contributed by atoms with E-state index in [2.05, 4.69) is 20.8 Å². The van der Waals surface area contributed by atoms with E-state index in [1.165, 1.54) is 24.2 Å². The van der Waals surface area contributed by atoms with Gasteiger partial charge in [-0.25, -0.2) is 4.79 Å². The van der Waals surface area contributed by atoms with E-state index in [0.29, 0.717) is 24.1 Å². The number of carbonyl (C=O) groups is 3. The van der Waals surface area contributed by atoms with Crippen LogP contribution in [0.3, 0.4) is 0 Å². The van der Waals surface area contributed by atoms with Gasteiger partial charge >= 0.3 is 6.09 Å². The van der Waals surface area contributed by atoms with Crippen LogP contribution in [0.1, 0.15) is 107 Å². The normalized spacial score (nSPS) is 19.8. The Morgan fingerprint density at radius 3 is 1.87 bits per heavy atom. The third-order valence-electron chi connectivity index (χ3n) is 7.65. The van der Waals surface area contributed by atoms with Crippen LogP contribution in [-0.4, -0.2) is 66.9 Å². The van der Waals surface area contributed by atoms with Crippen LogP contribution < -0.4 is 0 Å². The SMILES string of the molecule is CCCC[Si](CCCC)(CCCC)O[C@@H]1CC(CN2C(=O)c3ccccc3C2=O)N(C(=O)OC(C)(C)C)C1. The smallest absolute Gasteiger partial charge is 0.410 e. The van der Waals surface area contributed by atoms with Crippen molar-refractivity contribution in [2.75, 3.05) is 13.1 Å². The summed E-state index contributed by atoms with van der Waals surface area (Å²) in [6.07, 6.45) is 7.02. The lowest BCUT2D eigenvalue weighted by Crippen LogP contribution is -2.47. The average molecular weight is 545 g/mol. The van der Waals surface area contributed by atoms with E-state index in [0.717, 1.165) is 37.4 Å². The molecule has 3 amide bonds.